The van der Waals surface area contributed by atoms with E-state index in [1.54, 1.807) is 43.1 Å². The molecule has 0 aliphatic carbocycles. The number of nitrogens with one attached hydrogen (secondary N) is 1. The van der Waals surface area contributed by atoms with Gasteiger partial charge in [0.2, 0.25) is 5.91 Å². The molecule has 170 valence electrons. The first-order valence-electron chi connectivity index (χ1n) is 10.6. The molecule has 0 atom stereocenters. The molecule has 0 unspecified atom stereocenters. The van der Waals surface area contributed by atoms with Crippen molar-refractivity contribution >= 4 is 29.4 Å². The van der Waals surface area contributed by atoms with E-state index in [0.29, 0.717) is 77.0 Å². The predicted octanol–water partition coefficient (Wildman–Crippen LogP) is 1.29. The van der Waals surface area contributed by atoms with Crippen LogP contribution < -0.4 is 10.2 Å². The van der Waals surface area contributed by atoms with Crippen molar-refractivity contribution in [1.29, 1.82) is 0 Å². The fraction of sp³-hybridized carbons (Fsp3) is 0.571. The number of carbonyl (C=O) groups is 3. The van der Waals surface area contributed by atoms with Gasteiger partial charge in [0.05, 0.1) is 26.4 Å². The van der Waals surface area contributed by atoms with Crippen LogP contribution in [0.2, 0.25) is 0 Å². The van der Waals surface area contributed by atoms with Crippen LogP contribution in [0.5, 0.6) is 0 Å². The van der Waals surface area contributed by atoms with E-state index < -0.39 is 6.09 Å². The molecule has 0 spiro atoms. The van der Waals surface area contributed by atoms with E-state index >= 15 is 0 Å². The number of morpholine rings is 1. The third kappa shape index (κ3) is 6.31. The van der Waals surface area contributed by atoms with Gasteiger partial charge in [-0.3, -0.25) is 14.6 Å². The SMILES string of the molecule is CCOC(=O)N(C)c1ccc(NC(=O)N2CCN(CC(=O)N3CCOCC3)CC2)cc1. The average Bonchev–Trinajstić information content (AvgIpc) is 2.80. The summed E-state index contributed by atoms with van der Waals surface area (Å²) in [7, 11) is 1.63. The lowest BCUT2D eigenvalue weighted by atomic mass is 10.2. The van der Waals surface area contributed by atoms with Gasteiger partial charge < -0.3 is 24.6 Å². The van der Waals surface area contributed by atoms with Crippen LogP contribution in [0.25, 0.3) is 0 Å². The zero-order valence-corrected chi connectivity index (χ0v) is 18.2. The van der Waals surface area contributed by atoms with Gasteiger partial charge in [0.15, 0.2) is 0 Å². The summed E-state index contributed by atoms with van der Waals surface area (Å²) < 4.78 is 10.3. The van der Waals surface area contributed by atoms with Gasteiger partial charge in [0.1, 0.15) is 0 Å². The largest absolute Gasteiger partial charge is 0.449 e. The molecule has 2 aliphatic rings. The first kappa shape index (κ1) is 22.8. The number of nitrogens with zero attached hydrogens (tertiary/aromatic N) is 4. The van der Waals surface area contributed by atoms with Crippen molar-refractivity contribution in [2.75, 3.05) is 82.9 Å². The first-order chi connectivity index (χ1) is 15.0. The van der Waals surface area contributed by atoms with Crippen molar-refractivity contribution in [1.82, 2.24) is 14.7 Å². The molecule has 0 radical (unpaired) electrons. The Bertz CT molecular complexity index is 758. The number of hydrogen-bond donors (Lipinski definition) is 1. The zero-order valence-electron chi connectivity index (χ0n) is 18.2. The Hall–Kier alpha value is -2.85. The number of anilines is 2. The van der Waals surface area contributed by atoms with Gasteiger partial charge in [0, 0.05) is 57.7 Å². The van der Waals surface area contributed by atoms with Gasteiger partial charge in [-0.15, -0.1) is 0 Å². The average molecular weight is 434 g/mol. The highest BCUT2D eigenvalue weighted by Gasteiger charge is 2.25. The summed E-state index contributed by atoms with van der Waals surface area (Å²) in [6.45, 7) is 7.38. The van der Waals surface area contributed by atoms with Crippen molar-refractivity contribution in [3.8, 4) is 0 Å². The summed E-state index contributed by atoms with van der Waals surface area (Å²) in [6.07, 6.45) is -0.427. The lowest BCUT2D eigenvalue weighted by molar-refractivity contribution is -0.136. The van der Waals surface area contributed by atoms with E-state index in [1.165, 1.54) is 4.90 Å². The van der Waals surface area contributed by atoms with Crippen molar-refractivity contribution in [2.24, 2.45) is 0 Å². The second kappa shape index (κ2) is 11.0. The van der Waals surface area contributed by atoms with E-state index in [0.717, 1.165) is 0 Å². The molecule has 0 bridgehead atoms. The molecule has 1 aromatic carbocycles. The third-order valence-corrected chi connectivity index (χ3v) is 5.43. The maximum absolute atomic E-state index is 12.6. The van der Waals surface area contributed by atoms with E-state index in [2.05, 4.69) is 10.2 Å². The van der Waals surface area contributed by atoms with Crippen molar-refractivity contribution in [3.63, 3.8) is 0 Å². The van der Waals surface area contributed by atoms with E-state index in [1.807, 2.05) is 4.90 Å². The molecule has 1 aromatic rings. The van der Waals surface area contributed by atoms with Gasteiger partial charge in [-0.1, -0.05) is 0 Å². The van der Waals surface area contributed by atoms with E-state index in [-0.39, 0.29) is 11.9 Å². The number of hydrogen-bond acceptors (Lipinski definition) is 6. The van der Waals surface area contributed by atoms with Crippen LogP contribution in [0.3, 0.4) is 0 Å². The molecule has 1 N–H and O–H groups in total. The number of carbonyl (C=O) groups excluding carboxylic acids is 3. The van der Waals surface area contributed by atoms with Crippen molar-refractivity contribution < 1.29 is 23.9 Å². The zero-order chi connectivity index (χ0) is 22.2. The van der Waals surface area contributed by atoms with Gasteiger partial charge in [0.25, 0.3) is 0 Å². The normalized spacial score (nSPS) is 17.2. The smallest absolute Gasteiger partial charge is 0.413 e. The van der Waals surface area contributed by atoms with Crippen LogP contribution in [-0.4, -0.2) is 105 Å². The summed E-state index contributed by atoms with van der Waals surface area (Å²) in [4.78, 5) is 43.8. The van der Waals surface area contributed by atoms with E-state index in [9.17, 15) is 14.4 Å². The Labute approximate surface area is 182 Å². The lowest BCUT2D eigenvalue weighted by Gasteiger charge is -2.36. The van der Waals surface area contributed by atoms with Gasteiger partial charge >= 0.3 is 12.1 Å². The highest BCUT2D eigenvalue weighted by Crippen LogP contribution is 2.18. The Morgan fingerprint density at radius 2 is 1.65 bits per heavy atom. The minimum absolute atomic E-state index is 0.120. The molecule has 0 aromatic heterocycles. The molecule has 2 aliphatic heterocycles. The first-order valence-corrected chi connectivity index (χ1v) is 10.6. The van der Waals surface area contributed by atoms with Gasteiger partial charge in [-0.05, 0) is 31.2 Å². The molecule has 31 heavy (non-hydrogen) atoms. The van der Waals surface area contributed by atoms with Crippen molar-refractivity contribution in [3.05, 3.63) is 24.3 Å². The standard InChI is InChI=1S/C21H31N5O5/c1-3-31-21(29)23(2)18-6-4-17(5-7-18)22-20(28)26-10-8-24(9-11-26)16-19(27)25-12-14-30-15-13-25/h4-7H,3,8-16H2,1-2H3,(H,22,28). The molecular formula is C21H31N5O5. The van der Waals surface area contributed by atoms with Crippen LogP contribution in [-0.2, 0) is 14.3 Å². The summed E-state index contributed by atoms with van der Waals surface area (Å²) in [5.41, 5.74) is 1.32. The molecule has 3 rings (SSSR count). The summed E-state index contributed by atoms with van der Waals surface area (Å²) >= 11 is 0. The Balaban J connectivity index is 1.43. The van der Waals surface area contributed by atoms with Crippen LogP contribution in [0.15, 0.2) is 24.3 Å². The number of ether oxygens (including phenoxy) is 2. The predicted molar refractivity (Wildman–Crippen MR) is 116 cm³/mol. The monoisotopic (exact) mass is 433 g/mol. The fourth-order valence-corrected chi connectivity index (χ4v) is 3.51. The summed E-state index contributed by atoms with van der Waals surface area (Å²) in [6, 6.07) is 6.83. The van der Waals surface area contributed by atoms with Crippen LogP contribution >= 0.6 is 0 Å². The fourth-order valence-electron chi connectivity index (χ4n) is 3.51. The van der Waals surface area contributed by atoms with Gasteiger partial charge in [-0.2, -0.15) is 0 Å². The Morgan fingerprint density at radius 1 is 1.00 bits per heavy atom. The Kier molecular flexibility index (Phi) is 8.07. The van der Waals surface area contributed by atoms with Crippen molar-refractivity contribution in [2.45, 2.75) is 6.92 Å². The number of piperazine rings is 1. The summed E-state index contributed by atoms with van der Waals surface area (Å²) in [5, 5.41) is 2.88. The maximum atomic E-state index is 12.6. The highest BCUT2D eigenvalue weighted by molar-refractivity contribution is 5.91. The quantitative estimate of drug-likeness (QED) is 0.752. The third-order valence-electron chi connectivity index (χ3n) is 5.43. The maximum Gasteiger partial charge on any atom is 0.413 e. The van der Waals surface area contributed by atoms with Gasteiger partial charge in [-0.25, -0.2) is 9.59 Å². The number of rotatable bonds is 5. The van der Waals surface area contributed by atoms with Crippen LogP contribution in [0.4, 0.5) is 21.0 Å². The molecule has 2 saturated heterocycles. The minimum Gasteiger partial charge on any atom is -0.449 e. The Morgan fingerprint density at radius 3 is 2.26 bits per heavy atom. The minimum atomic E-state index is -0.427. The molecule has 2 heterocycles. The second-order valence-corrected chi connectivity index (χ2v) is 7.49. The van der Waals surface area contributed by atoms with Crippen LogP contribution in [0, 0.1) is 0 Å². The van der Waals surface area contributed by atoms with E-state index in [4.69, 9.17) is 9.47 Å². The number of urea groups is 1. The topological polar surface area (TPSA) is 94.7 Å². The molecule has 10 nitrogen and oxygen atoms in total. The van der Waals surface area contributed by atoms with Crippen LogP contribution in [0.1, 0.15) is 6.92 Å². The molecule has 2 fully saturated rings. The summed E-state index contributed by atoms with van der Waals surface area (Å²) in [5.74, 6) is 0.120. The lowest BCUT2D eigenvalue weighted by Crippen LogP contribution is -2.53. The molecular weight excluding hydrogens is 402 g/mol. The number of benzene rings is 1. The molecule has 10 heteroatoms. The number of amides is 4. The molecule has 0 saturated carbocycles. The second-order valence-electron chi connectivity index (χ2n) is 7.49. The molecule has 4 amide bonds. The highest BCUT2D eigenvalue weighted by atomic mass is 16.6.